The number of benzene rings is 1. The number of rotatable bonds is 4. The van der Waals surface area contributed by atoms with E-state index in [4.69, 9.17) is 4.74 Å². The molecule has 0 bridgehead atoms. The van der Waals surface area contributed by atoms with Crippen molar-refractivity contribution in [2.24, 2.45) is 0 Å². The standard InChI is InChI=1S/C19H24N4O2/c1-15-20-10-9-17(21-15)22-11-13-23(14-12-22)18(24)19(2,25-3)16-7-5-4-6-8-16/h4-10H,11-14H2,1-3H3. The van der Waals surface area contributed by atoms with Gasteiger partial charge in [-0.25, -0.2) is 9.97 Å². The van der Waals surface area contributed by atoms with Gasteiger partial charge in [-0.3, -0.25) is 4.79 Å². The van der Waals surface area contributed by atoms with E-state index in [0.717, 1.165) is 30.3 Å². The van der Waals surface area contributed by atoms with Crippen LogP contribution in [0.1, 0.15) is 18.3 Å². The number of anilines is 1. The second-order valence-corrected chi connectivity index (χ2v) is 6.34. The van der Waals surface area contributed by atoms with Crippen LogP contribution in [0, 0.1) is 6.92 Å². The van der Waals surface area contributed by atoms with Crippen molar-refractivity contribution in [3.8, 4) is 0 Å². The zero-order valence-corrected chi connectivity index (χ0v) is 15.0. The highest BCUT2D eigenvalue weighted by atomic mass is 16.5. The molecule has 0 saturated carbocycles. The Balaban J connectivity index is 1.70. The molecule has 2 heterocycles. The van der Waals surface area contributed by atoms with Gasteiger partial charge >= 0.3 is 0 Å². The summed E-state index contributed by atoms with van der Waals surface area (Å²) in [4.78, 5) is 25.8. The van der Waals surface area contributed by atoms with Crippen LogP contribution in [0.25, 0.3) is 0 Å². The lowest BCUT2D eigenvalue weighted by atomic mass is 9.93. The number of carbonyl (C=O) groups excluding carboxylic acids is 1. The van der Waals surface area contributed by atoms with Crippen LogP contribution >= 0.6 is 0 Å². The maximum Gasteiger partial charge on any atom is 0.259 e. The van der Waals surface area contributed by atoms with Crippen LogP contribution in [0.4, 0.5) is 5.82 Å². The molecule has 2 aromatic rings. The van der Waals surface area contributed by atoms with Crippen LogP contribution in [-0.4, -0.2) is 54.1 Å². The van der Waals surface area contributed by atoms with Gasteiger partial charge in [0.05, 0.1) is 0 Å². The van der Waals surface area contributed by atoms with Crippen molar-refractivity contribution in [2.75, 3.05) is 38.2 Å². The van der Waals surface area contributed by atoms with Gasteiger partial charge in [-0.05, 0) is 25.5 Å². The second kappa shape index (κ2) is 7.19. The molecule has 1 saturated heterocycles. The first-order valence-electron chi connectivity index (χ1n) is 8.49. The SMILES string of the molecule is COC(C)(C(=O)N1CCN(c2ccnc(C)n2)CC1)c1ccccc1. The minimum atomic E-state index is -0.963. The molecule has 0 aliphatic carbocycles. The fraction of sp³-hybridized carbons (Fsp3) is 0.421. The number of ether oxygens (including phenoxy) is 1. The number of hydrogen-bond donors (Lipinski definition) is 0. The van der Waals surface area contributed by atoms with Crippen LogP contribution in [0.15, 0.2) is 42.6 Å². The van der Waals surface area contributed by atoms with Crippen LogP contribution in [0.2, 0.25) is 0 Å². The van der Waals surface area contributed by atoms with E-state index in [0.29, 0.717) is 13.1 Å². The average molecular weight is 340 g/mol. The summed E-state index contributed by atoms with van der Waals surface area (Å²) in [7, 11) is 1.59. The summed E-state index contributed by atoms with van der Waals surface area (Å²) in [6.07, 6.45) is 1.77. The summed E-state index contributed by atoms with van der Waals surface area (Å²) in [5.74, 6) is 1.67. The van der Waals surface area contributed by atoms with Gasteiger partial charge in [0.25, 0.3) is 5.91 Å². The van der Waals surface area contributed by atoms with E-state index in [-0.39, 0.29) is 5.91 Å². The number of amides is 1. The lowest BCUT2D eigenvalue weighted by molar-refractivity contribution is -0.154. The Morgan fingerprint density at radius 2 is 1.80 bits per heavy atom. The number of piperazine rings is 1. The van der Waals surface area contributed by atoms with Crippen molar-refractivity contribution in [1.82, 2.24) is 14.9 Å². The maximum absolute atomic E-state index is 13.1. The Labute approximate surface area is 148 Å². The smallest absolute Gasteiger partial charge is 0.259 e. The summed E-state index contributed by atoms with van der Waals surface area (Å²) < 4.78 is 5.64. The third-order valence-electron chi connectivity index (χ3n) is 4.79. The molecule has 1 aliphatic rings. The van der Waals surface area contributed by atoms with Gasteiger partial charge in [0.1, 0.15) is 11.6 Å². The molecule has 25 heavy (non-hydrogen) atoms. The quantitative estimate of drug-likeness (QED) is 0.852. The largest absolute Gasteiger partial charge is 0.364 e. The molecule has 132 valence electrons. The van der Waals surface area contributed by atoms with Crippen LogP contribution < -0.4 is 4.90 Å². The molecule has 1 unspecified atom stereocenters. The molecule has 0 radical (unpaired) electrons. The fourth-order valence-electron chi connectivity index (χ4n) is 3.15. The van der Waals surface area contributed by atoms with Crippen LogP contribution in [0.5, 0.6) is 0 Å². The van der Waals surface area contributed by atoms with Gasteiger partial charge in [0, 0.05) is 39.5 Å². The molecule has 1 aromatic carbocycles. The van der Waals surface area contributed by atoms with Crippen molar-refractivity contribution < 1.29 is 9.53 Å². The van der Waals surface area contributed by atoms with E-state index >= 15 is 0 Å². The number of hydrogen-bond acceptors (Lipinski definition) is 5. The minimum Gasteiger partial charge on any atom is -0.364 e. The van der Waals surface area contributed by atoms with Crippen molar-refractivity contribution in [2.45, 2.75) is 19.4 Å². The van der Waals surface area contributed by atoms with Crippen molar-refractivity contribution >= 4 is 11.7 Å². The second-order valence-electron chi connectivity index (χ2n) is 6.34. The summed E-state index contributed by atoms with van der Waals surface area (Å²) in [6, 6.07) is 11.6. The lowest BCUT2D eigenvalue weighted by Crippen LogP contribution is -2.54. The summed E-state index contributed by atoms with van der Waals surface area (Å²) in [6.45, 7) is 6.51. The molecule has 1 fully saturated rings. The molecule has 1 amide bonds. The number of methoxy groups -OCH3 is 1. The van der Waals surface area contributed by atoms with E-state index in [1.807, 2.05) is 55.1 Å². The van der Waals surface area contributed by atoms with E-state index in [2.05, 4.69) is 14.9 Å². The molecule has 1 atom stereocenters. The molecule has 0 spiro atoms. The minimum absolute atomic E-state index is 0.000261. The van der Waals surface area contributed by atoms with Gasteiger partial charge in [-0.2, -0.15) is 0 Å². The van der Waals surface area contributed by atoms with Gasteiger partial charge < -0.3 is 14.5 Å². The Bertz CT molecular complexity index is 729. The molecule has 3 rings (SSSR count). The zero-order valence-electron chi connectivity index (χ0n) is 15.0. The predicted molar refractivity (Wildman–Crippen MR) is 96.4 cm³/mol. The Morgan fingerprint density at radius 3 is 2.40 bits per heavy atom. The molecular weight excluding hydrogens is 316 g/mol. The van der Waals surface area contributed by atoms with Crippen LogP contribution in [0.3, 0.4) is 0 Å². The average Bonchev–Trinajstić information content (AvgIpc) is 2.67. The maximum atomic E-state index is 13.1. The third-order valence-corrected chi connectivity index (χ3v) is 4.79. The molecule has 6 heteroatoms. The fourth-order valence-corrected chi connectivity index (χ4v) is 3.15. The van der Waals surface area contributed by atoms with Gasteiger partial charge in [0.15, 0.2) is 5.60 Å². The van der Waals surface area contributed by atoms with E-state index < -0.39 is 5.60 Å². The Morgan fingerprint density at radius 1 is 1.12 bits per heavy atom. The molecular formula is C19H24N4O2. The first-order chi connectivity index (χ1) is 12.0. The predicted octanol–water partition coefficient (Wildman–Crippen LogP) is 2.00. The first-order valence-corrected chi connectivity index (χ1v) is 8.49. The molecule has 1 aliphatic heterocycles. The topological polar surface area (TPSA) is 58.6 Å². The highest BCUT2D eigenvalue weighted by Gasteiger charge is 2.39. The van der Waals surface area contributed by atoms with Gasteiger partial charge in [-0.1, -0.05) is 30.3 Å². The zero-order chi connectivity index (χ0) is 17.9. The van der Waals surface area contributed by atoms with Gasteiger partial charge in [-0.15, -0.1) is 0 Å². The normalized spacial score (nSPS) is 17.2. The van der Waals surface area contributed by atoms with Gasteiger partial charge in [0.2, 0.25) is 0 Å². The summed E-state index contributed by atoms with van der Waals surface area (Å²) in [5.41, 5.74) is -0.0917. The van der Waals surface area contributed by atoms with Crippen molar-refractivity contribution in [3.05, 3.63) is 54.0 Å². The molecule has 0 N–H and O–H groups in total. The highest BCUT2D eigenvalue weighted by molar-refractivity contribution is 5.86. The Kier molecular flexibility index (Phi) is 4.99. The molecule has 1 aromatic heterocycles. The monoisotopic (exact) mass is 340 g/mol. The summed E-state index contributed by atoms with van der Waals surface area (Å²) >= 11 is 0. The highest BCUT2D eigenvalue weighted by Crippen LogP contribution is 2.28. The lowest BCUT2D eigenvalue weighted by Gasteiger charge is -2.39. The third kappa shape index (κ3) is 3.49. The number of aryl methyl sites for hydroxylation is 1. The summed E-state index contributed by atoms with van der Waals surface area (Å²) in [5, 5.41) is 0. The van der Waals surface area contributed by atoms with E-state index in [9.17, 15) is 4.79 Å². The van der Waals surface area contributed by atoms with E-state index in [1.165, 1.54) is 0 Å². The first kappa shape index (κ1) is 17.4. The number of nitrogens with zero attached hydrogens (tertiary/aromatic N) is 4. The van der Waals surface area contributed by atoms with E-state index in [1.54, 1.807) is 13.3 Å². The number of aromatic nitrogens is 2. The van der Waals surface area contributed by atoms with Crippen LogP contribution in [-0.2, 0) is 15.1 Å². The van der Waals surface area contributed by atoms with Crippen molar-refractivity contribution in [3.63, 3.8) is 0 Å². The van der Waals surface area contributed by atoms with Crippen molar-refractivity contribution in [1.29, 1.82) is 0 Å². The Hall–Kier alpha value is -2.47. The molecule has 6 nitrogen and oxygen atoms in total. The number of carbonyl (C=O) groups is 1.